The van der Waals surface area contributed by atoms with Crippen molar-refractivity contribution >= 4 is 0 Å². The molecule has 0 fully saturated rings. The van der Waals surface area contributed by atoms with Crippen LogP contribution in [0.5, 0.6) is 11.5 Å². The van der Waals surface area contributed by atoms with Crippen LogP contribution in [0.3, 0.4) is 0 Å². The Morgan fingerprint density at radius 1 is 1.05 bits per heavy atom. The van der Waals surface area contributed by atoms with Gasteiger partial charge < -0.3 is 10.5 Å². The highest BCUT2D eigenvalue weighted by molar-refractivity contribution is 5.43. The maximum Gasteiger partial charge on any atom is 0.131 e. The Hall–Kier alpha value is -1.80. The summed E-state index contributed by atoms with van der Waals surface area (Å²) in [6.07, 6.45) is 0. The summed E-state index contributed by atoms with van der Waals surface area (Å²) < 4.78 is 6.04. The van der Waals surface area contributed by atoms with Crippen LogP contribution in [0.1, 0.15) is 36.5 Å². The van der Waals surface area contributed by atoms with E-state index in [0.29, 0.717) is 12.5 Å². The summed E-state index contributed by atoms with van der Waals surface area (Å²) in [7, 11) is 0. The Balaban J connectivity index is 2.34. The van der Waals surface area contributed by atoms with E-state index in [4.69, 9.17) is 10.5 Å². The molecule has 0 heterocycles. The van der Waals surface area contributed by atoms with Crippen molar-refractivity contribution in [3.8, 4) is 11.5 Å². The van der Waals surface area contributed by atoms with Crippen LogP contribution >= 0.6 is 0 Å². The van der Waals surface area contributed by atoms with Crippen molar-refractivity contribution in [3.63, 3.8) is 0 Å². The topological polar surface area (TPSA) is 35.2 Å². The van der Waals surface area contributed by atoms with Crippen molar-refractivity contribution in [1.29, 1.82) is 0 Å². The third-order valence-electron chi connectivity index (χ3n) is 3.29. The summed E-state index contributed by atoms with van der Waals surface area (Å²) in [5, 5.41) is 0. The molecular formula is C17H21NO. The molecule has 0 saturated carbocycles. The fourth-order valence-corrected chi connectivity index (χ4v) is 1.98. The smallest absolute Gasteiger partial charge is 0.131 e. The average Bonchev–Trinajstić information content (AvgIpc) is 2.41. The third-order valence-corrected chi connectivity index (χ3v) is 3.29. The molecule has 0 unspecified atom stereocenters. The minimum absolute atomic E-state index is 0.485. The first kappa shape index (κ1) is 13.6. The normalized spacial score (nSPS) is 10.8. The van der Waals surface area contributed by atoms with E-state index in [1.807, 2.05) is 24.3 Å². The Morgan fingerprint density at radius 3 is 2.47 bits per heavy atom. The van der Waals surface area contributed by atoms with Crippen LogP contribution in [0.15, 0.2) is 42.5 Å². The molecular weight excluding hydrogens is 234 g/mol. The van der Waals surface area contributed by atoms with Gasteiger partial charge in [-0.2, -0.15) is 0 Å². The van der Waals surface area contributed by atoms with Crippen molar-refractivity contribution < 1.29 is 4.74 Å². The summed E-state index contributed by atoms with van der Waals surface area (Å²) in [6.45, 7) is 6.91. The Labute approximate surface area is 115 Å². The van der Waals surface area contributed by atoms with E-state index in [2.05, 4.69) is 39.0 Å². The molecule has 0 aliphatic rings. The van der Waals surface area contributed by atoms with Crippen molar-refractivity contribution in [2.45, 2.75) is 33.2 Å². The summed E-state index contributed by atoms with van der Waals surface area (Å²) >= 11 is 0. The van der Waals surface area contributed by atoms with Gasteiger partial charge >= 0.3 is 0 Å². The second-order valence-corrected chi connectivity index (χ2v) is 5.09. The number of nitrogens with two attached hydrogens (primary N) is 1. The first-order chi connectivity index (χ1) is 9.11. The van der Waals surface area contributed by atoms with Gasteiger partial charge in [-0.3, -0.25) is 0 Å². The summed E-state index contributed by atoms with van der Waals surface area (Å²) in [6, 6.07) is 14.3. The molecule has 2 rings (SSSR count). The molecule has 0 amide bonds. The highest BCUT2D eigenvalue weighted by Gasteiger charge is 2.08. The van der Waals surface area contributed by atoms with E-state index < -0.39 is 0 Å². The quantitative estimate of drug-likeness (QED) is 0.880. The molecule has 0 atom stereocenters. The van der Waals surface area contributed by atoms with Crippen molar-refractivity contribution in [2.75, 3.05) is 0 Å². The van der Waals surface area contributed by atoms with Crippen LogP contribution in [-0.2, 0) is 6.54 Å². The zero-order valence-corrected chi connectivity index (χ0v) is 11.8. The summed E-state index contributed by atoms with van der Waals surface area (Å²) in [5.74, 6) is 2.24. The van der Waals surface area contributed by atoms with Gasteiger partial charge in [-0.05, 0) is 36.1 Å². The van der Waals surface area contributed by atoms with Gasteiger partial charge in [0, 0.05) is 12.1 Å². The van der Waals surface area contributed by atoms with E-state index >= 15 is 0 Å². The Bertz CT molecular complexity index is 561. The van der Waals surface area contributed by atoms with Crippen molar-refractivity contribution in [2.24, 2.45) is 5.73 Å². The van der Waals surface area contributed by atoms with Gasteiger partial charge in [0.2, 0.25) is 0 Å². The second kappa shape index (κ2) is 5.89. The molecule has 19 heavy (non-hydrogen) atoms. The SMILES string of the molecule is Cc1ccc(C(C)C)cc1Oc1ccccc1CN. The van der Waals surface area contributed by atoms with Crippen LogP contribution in [0.2, 0.25) is 0 Å². The lowest BCUT2D eigenvalue weighted by Crippen LogP contribution is -2.00. The highest BCUT2D eigenvalue weighted by Crippen LogP contribution is 2.30. The molecule has 2 N–H and O–H groups in total. The molecule has 2 nitrogen and oxygen atoms in total. The lowest BCUT2D eigenvalue weighted by Gasteiger charge is -2.14. The average molecular weight is 255 g/mol. The van der Waals surface area contributed by atoms with Crippen LogP contribution in [0, 0.1) is 6.92 Å². The molecule has 0 aliphatic heterocycles. The highest BCUT2D eigenvalue weighted by atomic mass is 16.5. The lowest BCUT2D eigenvalue weighted by atomic mass is 10.0. The molecule has 0 saturated heterocycles. The molecule has 0 aliphatic carbocycles. The number of rotatable bonds is 4. The monoisotopic (exact) mass is 255 g/mol. The number of hydrogen-bond acceptors (Lipinski definition) is 2. The Kier molecular flexibility index (Phi) is 4.23. The van der Waals surface area contributed by atoms with Crippen LogP contribution in [0.25, 0.3) is 0 Å². The van der Waals surface area contributed by atoms with E-state index in [-0.39, 0.29) is 0 Å². The lowest BCUT2D eigenvalue weighted by molar-refractivity contribution is 0.471. The Morgan fingerprint density at radius 2 is 1.79 bits per heavy atom. The zero-order valence-electron chi connectivity index (χ0n) is 11.8. The minimum Gasteiger partial charge on any atom is -0.457 e. The minimum atomic E-state index is 0.485. The first-order valence-corrected chi connectivity index (χ1v) is 6.68. The molecule has 0 radical (unpaired) electrons. The summed E-state index contributed by atoms with van der Waals surface area (Å²) in [4.78, 5) is 0. The van der Waals surface area contributed by atoms with E-state index in [1.165, 1.54) is 5.56 Å². The van der Waals surface area contributed by atoms with E-state index in [1.54, 1.807) is 0 Å². The molecule has 0 bridgehead atoms. The fourth-order valence-electron chi connectivity index (χ4n) is 1.98. The van der Waals surface area contributed by atoms with Gasteiger partial charge in [-0.25, -0.2) is 0 Å². The molecule has 2 heteroatoms. The third kappa shape index (κ3) is 3.15. The van der Waals surface area contributed by atoms with Crippen LogP contribution in [-0.4, -0.2) is 0 Å². The molecule has 2 aromatic rings. The number of para-hydroxylation sites is 1. The summed E-state index contributed by atoms with van der Waals surface area (Å²) in [5.41, 5.74) is 9.18. The van der Waals surface area contributed by atoms with Crippen molar-refractivity contribution in [1.82, 2.24) is 0 Å². The molecule has 0 spiro atoms. The van der Waals surface area contributed by atoms with Gasteiger partial charge in [-0.15, -0.1) is 0 Å². The maximum atomic E-state index is 6.04. The maximum absolute atomic E-state index is 6.04. The zero-order chi connectivity index (χ0) is 13.8. The largest absolute Gasteiger partial charge is 0.457 e. The number of benzene rings is 2. The first-order valence-electron chi connectivity index (χ1n) is 6.68. The molecule has 100 valence electrons. The predicted octanol–water partition coefficient (Wildman–Crippen LogP) is 4.37. The fraction of sp³-hybridized carbons (Fsp3) is 0.294. The number of aryl methyl sites for hydroxylation is 1. The standard InChI is InChI=1S/C17H21NO/c1-12(2)14-9-8-13(3)17(10-14)19-16-7-5-4-6-15(16)11-18/h4-10,12H,11,18H2,1-3H3. The molecule has 2 aromatic carbocycles. The van der Waals surface area contributed by atoms with Gasteiger partial charge in [0.1, 0.15) is 11.5 Å². The number of hydrogen-bond donors (Lipinski definition) is 1. The van der Waals surface area contributed by atoms with Crippen LogP contribution < -0.4 is 10.5 Å². The second-order valence-electron chi connectivity index (χ2n) is 5.09. The van der Waals surface area contributed by atoms with Gasteiger partial charge in [0.15, 0.2) is 0 Å². The number of ether oxygens (including phenoxy) is 1. The van der Waals surface area contributed by atoms with Gasteiger partial charge in [0.25, 0.3) is 0 Å². The van der Waals surface area contributed by atoms with E-state index in [0.717, 1.165) is 22.6 Å². The van der Waals surface area contributed by atoms with Crippen LogP contribution in [0.4, 0.5) is 0 Å². The van der Waals surface area contributed by atoms with Crippen molar-refractivity contribution in [3.05, 3.63) is 59.2 Å². The van der Waals surface area contributed by atoms with E-state index in [9.17, 15) is 0 Å². The molecule has 0 aromatic heterocycles. The predicted molar refractivity (Wildman–Crippen MR) is 79.7 cm³/mol. The van der Waals surface area contributed by atoms with Gasteiger partial charge in [0.05, 0.1) is 0 Å². The van der Waals surface area contributed by atoms with Gasteiger partial charge in [-0.1, -0.05) is 44.2 Å².